The monoisotopic (exact) mass is 171 g/mol. The van der Waals surface area contributed by atoms with Crippen molar-refractivity contribution >= 4 is 11.8 Å². The molecule has 1 aromatic heterocycles. The van der Waals surface area contributed by atoms with Gasteiger partial charge < -0.3 is 10.2 Å². The topological polar surface area (TPSA) is 39.2 Å². The highest BCUT2D eigenvalue weighted by Gasteiger charge is 1.98. The molecule has 1 aromatic rings. The summed E-state index contributed by atoms with van der Waals surface area (Å²) in [5, 5.41) is 0. The van der Waals surface area contributed by atoms with Gasteiger partial charge in [-0.3, -0.25) is 0 Å². The van der Waals surface area contributed by atoms with E-state index in [4.69, 9.17) is 10.2 Å². The highest BCUT2D eigenvalue weighted by Crippen LogP contribution is 2.20. The lowest BCUT2D eigenvalue weighted by Crippen LogP contribution is -1.92. The summed E-state index contributed by atoms with van der Waals surface area (Å²) in [6, 6.07) is 2.00. The van der Waals surface area contributed by atoms with Crippen molar-refractivity contribution in [2.45, 2.75) is 24.8 Å². The van der Waals surface area contributed by atoms with Gasteiger partial charge in [0.15, 0.2) is 0 Å². The van der Waals surface area contributed by atoms with Crippen molar-refractivity contribution in [3.8, 4) is 0 Å². The normalized spacial score (nSPS) is 10.4. The van der Waals surface area contributed by atoms with Crippen molar-refractivity contribution in [2.75, 3.05) is 5.75 Å². The van der Waals surface area contributed by atoms with Crippen LogP contribution in [-0.2, 0) is 6.54 Å². The lowest BCUT2D eigenvalue weighted by atomic mass is 10.5. The largest absolute Gasteiger partial charge is 0.467 e. The van der Waals surface area contributed by atoms with E-state index in [1.54, 1.807) is 6.26 Å². The summed E-state index contributed by atoms with van der Waals surface area (Å²) in [4.78, 5) is 1.19. The van der Waals surface area contributed by atoms with E-state index in [0.717, 1.165) is 11.5 Å². The molecular weight excluding hydrogens is 158 g/mol. The van der Waals surface area contributed by atoms with Crippen molar-refractivity contribution in [3.63, 3.8) is 0 Å². The molecule has 0 unspecified atom stereocenters. The van der Waals surface area contributed by atoms with Gasteiger partial charge in [0.1, 0.15) is 12.0 Å². The van der Waals surface area contributed by atoms with Crippen LogP contribution in [0.4, 0.5) is 0 Å². The Labute approximate surface area is 71.1 Å². The van der Waals surface area contributed by atoms with E-state index in [-0.39, 0.29) is 0 Å². The van der Waals surface area contributed by atoms with E-state index in [1.807, 2.05) is 17.8 Å². The third kappa shape index (κ3) is 2.60. The fourth-order valence-electron chi connectivity index (χ4n) is 0.763. The van der Waals surface area contributed by atoms with Crippen LogP contribution in [0.5, 0.6) is 0 Å². The van der Waals surface area contributed by atoms with Gasteiger partial charge in [0.05, 0.1) is 6.54 Å². The van der Waals surface area contributed by atoms with Gasteiger partial charge in [-0.1, -0.05) is 6.92 Å². The third-order valence-corrected chi connectivity index (χ3v) is 2.46. The summed E-state index contributed by atoms with van der Waals surface area (Å²) in [5.74, 6) is 2.01. The minimum atomic E-state index is 0.493. The number of hydrogen-bond acceptors (Lipinski definition) is 3. The summed E-state index contributed by atoms with van der Waals surface area (Å²) in [7, 11) is 0. The maximum absolute atomic E-state index is 5.39. The van der Waals surface area contributed by atoms with Gasteiger partial charge in [-0.2, -0.15) is 0 Å². The first-order valence-electron chi connectivity index (χ1n) is 3.77. The van der Waals surface area contributed by atoms with Gasteiger partial charge in [0.25, 0.3) is 0 Å². The van der Waals surface area contributed by atoms with E-state index in [9.17, 15) is 0 Å². The lowest BCUT2D eigenvalue weighted by molar-refractivity contribution is 0.509. The first-order chi connectivity index (χ1) is 5.36. The zero-order chi connectivity index (χ0) is 8.10. The van der Waals surface area contributed by atoms with Gasteiger partial charge in [0, 0.05) is 4.90 Å². The molecule has 0 aliphatic carbocycles. The zero-order valence-corrected chi connectivity index (χ0v) is 7.49. The molecule has 3 heteroatoms. The number of nitrogens with two attached hydrogens (primary N) is 1. The predicted molar refractivity (Wildman–Crippen MR) is 47.6 cm³/mol. The van der Waals surface area contributed by atoms with Crippen LogP contribution in [0.2, 0.25) is 0 Å². The first-order valence-corrected chi connectivity index (χ1v) is 4.75. The second-order valence-electron chi connectivity index (χ2n) is 2.30. The summed E-state index contributed by atoms with van der Waals surface area (Å²) < 4.78 is 5.17. The van der Waals surface area contributed by atoms with Crippen LogP contribution in [-0.4, -0.2) is 5.75 Å². The van der Waals surface area contributed by atoms with Crippen molar-refractivity contribution in [1.29, 1.82) is 0 Å². The van der Waals surface area contributed by atoms with E-state index >= 15 is 0 Å². The summed E-state index contributed by atoms with van der Waals surface area (Å²) in [6.45, 7) is 2.66. The third-order valence-electron chi connectivity index (χ3n) is 1.30. The zero-order valence-electron chi connectivity index (χ0n) is 6.67. The molecule has 2 N–H and O–H groups in total. The number of rotatable bonds is 4. The molecule has 11 heavy (non-hydrogen) atoms. The van der Waals surface area contributed by atoms with Crippen LogP contribution in [0.1, 0.15) is 19.1 Å². The van der Waals surface area contributed by atoms with Crippen LogP contribution in [0.15, 0.2) is 21.6 Å². The SMILES string of the molecule is CCCSc1coc(CN)c1. The molecule has 0 spiro atoms. The molecule has 1 rings (SSSR count). The molecule has 0 radical (unpaired) electrons. The standard InChI is InChI=1S/C8H13NOS/c1-2-3-11-8-4-7(5-9)10-6-8/h4,6H,2-3,5,9H2,1H3. The van der Waals surface area contributed by atoms with E-state index in [0.29, 0.717) is 6.54 Å². The highest BCUT2D eigenvalue weighted by atomic mass is 32.2. The minimum absolute atomic E-state index is 0.493. The Morgan fingerprint density at radius 3 is 3.00 bits per heavy atom. The number of hydrogen-bond donors (Lipinski definition) is 1. The Morgan fingerprint density at radius 2 is 2.45 bits per heavy atom. The van der Waals surface area contributed by atoms with Crippen molar-refractivity contribution in [2.24, 2.45) is 5.73 Å². The quantitative estimate of drug-likeness (QED) is 0.706. The van der Waals surface area contributed by atoms with Crippen molar-refractivity contribution in [3.05, 3.63) is 18.1 Å². The fourth-order valence-corrected chi connectivity index (χ4v) is 1.53. The van der Waals surface area contributed by atoms with Crippen LogP contribution < -0.4 is 5.73 Å². The molecule has 0 aromatic carbocycles. The Kier molecular flexibility index (Phi) is 3.52. The van der Waals surface area contributed by atoms with Gasteiger partial charge in [0.2, 0.25) is 0 Å². The van der Waals surface area contributed by atoms with Gasteiger partial charge in [-0.15, -0.1) is 11.8 Å². The Morgan fingerprint density at radius 1 is 1.64 bits per heavy atom. The molecule has 0 atom stereocenters. The molecule has 0 fully saturated rings. The molecule has 2 nitrogen and oxygen atoms in total. The molecular formula is C8H13NOS. The van der Waals surface area contributed by atoms with Crippen LogP contribution in [0.25, 0.3) is 0 Å². The van der Waals surface area contributed by atoms with E-state index < -0.39 is 0 Å². The van der Waals surface area contributed by atoms with E-state index in [2.05, 4.69) is 6.92 Å². The molecule has 0 aliphatic heterocycles. The average Bonchev–Trinajstić information content (AvgIpc) is 2.48. The lowest BCUT2D eigenvalue weighted by Gasteiger charge is -1.90. The average molecular weight is 171 g/mol. The molecule has 0 bridgehead atoms. The molecule has 0 saturated heterocycles. The molecule has 62 valence electrons. The van der Waals surface area contributed by atoms with Crippen LogP contribution in [0.3, 0.4) is 0 Å². The Hall–Kier alpha value is -0.410. The van der Waals surface area contributed by atoms with Gasteiger partial charge in [-0.05, 0) is 18.2 Å². The van der Waals surface area contributed by atoms with Crippen molar-refractivity contribution < 1.29 is 4.42 Å². The second kappa shape index (κ2) is 4.46. The first kappa shape index (κ1) is 8.68. The maximum Gasteiger partial charge on any atom is 0.118 e. The molecule has 0 amide bonds. The molecule has 1 heterocycles. The van der Waals surface area contributed by atoms with Crippen molar-refractivity contribution in [1.82, 2.24) is 0 Å². The Bertz CT molecular complexity index is 210. The number of furan rings is 1. The number of thioether (sulfide) groups is 1. The van der Waals surface area contributed by atoms with Gasteiger partial charge >= 0.3 is 0 Å². The summed E-state index contributed by atoms with van der Waals surface area (Å²) in [6.07, 6.45) is 2.95. The maximum atomic E-state index is 5.39. The summed E-state index contributed by atoms with van der Waals surface area (Å²) >= 11 is 1.81. The van der Waals surface area contributed by atoms with Gasteiger partial charge in [-0.25, -0.2) is 0 Å². The predicted octanol–water partition coefficient (Wildman–Crippen LogP) is 2.24. The van der Waals surface area contributed by atoms with Crippen LogP contribution in [0, 0.1) is 0 Å². The fraction of sp³-hybridized carbons (Fsp3) is 0.500. The minimum Gasteiger partial charge on any atom is -0.467 e. The van der Waals surface area contributed by atoms with E-state index in [1.165, 1.54) is 11.3 Å². The Balaban J connectivity index is 2.44. The highest BCUT2D eigenvalue weighted by molar-refractivity contribution is 7.99. The molecule has 0 aliphatic rings. The summed E-state index contributed by atoms with van der Waals surface area (Å²) in [5.41, 5.74) is 5.39. The molecule has 0 saturated carbocycles. The second-order valence-corrected chi connectivity index (χ2v) is 3.47. The smallest absolute Gasteiger partial charge is 0.118 e. The van der Waals surface area contributed by atoms with Crippen LogP contribution >= 0.6 is 11.8 Å².